The molecule has 0 bridgehead atoms. The molecule has 0 aliphatic heterocycles. The Morgan fingerprint density at radius 3 is 2.69 bits per heavy atom. The summed E-state index contributed by atoms with van der Waals surface area (Å²) in [4.78, 5) is 23.1. The van der Waals surface area contributed by atoms with E-state index in [4.69, 9.17) is 9.15 Å². The number of methoxy groups -OCH3 is 1. The first kappa shape index (κ1) is 22.6. The Bertz CT molecular complexity index is 1380. The smallest absolute Gasteiger partial charge is 0.284 e. The molecular weight excluding hydrogens is 462 g/mol. The maximum absolute atomic E-state index is 12.3. The van der Waals surface area contributed by atoms with Gasteiger partial charge in [-0.15, -0.1) is 10.2 Å². The summed E-state index contributed by atoms with van der Waals surface area (Å²) in [6.45, 7) is 0. The second-order valence-electron chi connectivity index (χ2n) is 6.11. The molecule has 2 heterocycles. The summed E-state index contributed by atoms with van der Waals surface area (Å²) in [6, 6.07) is 8.82. The predicted octanol–water partition coefficient (Wildman–Crippen LogP) is 2.66. The van der Waals surface area contributed by atoms with Gasteiger partial charge in [-0.1, -0.05) is 11.3 Å². The van der Waals surface area contributed by atoms with Crippen LogP contribution in [0.15, 0.2) is 44.7 Å². The van der Waals surface area contributed by atoms with Crippen molar-refractivity contribution < 1.29 is 27.3 Å². The predicted molar refractivity (Wildman–Crippen MR) is 113 cm³/mol. The number of furan rings is 1. The number of nitro groups is 1. The number of amides is 1. The van der Waals surface area contributed by atoms with E-state index < -0.39 is 20.7 Å². The summed E-state index contributed by atoms with van der Waals surface area (Å²) in [5, 5.41) is 29.9. The lowest BCUT2D eigenvalue weighted by atomic mass is 10.1. The van der Waals surface area contributed by atoms with Crippen LogP contribution in [0.3, 0.4) is 0 Å². The number of nitrogens with zero attached hydrogens (tertiary/aromatic N) is 4. The van der Waals surface area contributed by atoms with E-state index in [1.54, 1.807) is 6.07 Å². The molecule has 164 valence electrons. The van der Waals surface area contributed by atoms with Gasteiger partial charge in [0.15, 0.2) is 0 Å². The van der Waals surface area contributed by atoms with Crippen LogP contribution in [-0.2, 0) is 14.6 Å². The van der Waals surface area contributed by atoms with Crippen molar-refractivity contribution in [2.75, 3.05) is 18.7 Å². The van der Waals surface area contributed by atoms with Crippen molar-refractivity contribution in [1.82, 2.24) is 10.2 Å². The number of hydrogen-bond acceptors (Lipinski definition) is 11. The molecule has 0 aliphatic rings. The molecule has 0 unspecified atom stereocenters. The summed E-state index contributed by atoms with van der Waals surface area (Å²) < 4.78 is 33.2. The zero-order valence-electron chi connectivity index (χ0n) is 16.4. The van der Waals surface area contributed by atoms with Gasteiger partial charge < -0.3 is 9.15 Å². The molecular formula is C18H13N5O7S2. The molecule has 32 heavy (non-hydrogen) atoms. The number of benzene rings is 1. The third-order valence-corrected chi connectivity index (χ3v) is 6.40. The molecule has 0 spiro atoms. The molecule has 1 N–H and O–H groups in total. The maximum Gasteiger partial charge on any atom is 0.284 e. The van der Waals surface area contributed by atoms with Crippen molar-refractivity contribution in [1.29, 1.82) is 5.26 Å². The fourth-order valence-corrected chi connectivity index (χ4v) is 3.94. The number of carbonyl (C=O) groups is 1. The average Bonchev–Trinajstić information content (AvgIpc) is 3.40. The van der Waals surface area contributed by atoms with Gasteiger partial charge in [-0.2, -0.15) is 5.26 Å². The van der Waals surface area contributed by atoms with Gasteiger partial charge in [0, 0.05) is 12.3 Å². The molecule has 0 aliphatic carbocycles. The molecule has 12 nitrogen and oxygen atoms in total. The standard InChI is InChI=1S/C18H13N5O7S2/c1-29-11-3-5-13(14(8-11)23(25)26)15-6-4-12(30-15)7-10(9-19)16(24)20-17-21-22-18(31-17)32(2,27)28/h3-8H,1-2H3,(H,20,21,24). The maximum atomic E-state index is 12.3. The molecule has 0 fully saturated rings. The lowest BCUT2D eigenvalue weighted by Gasteiger charge is -2.03. The SMILES string of the molecule is COc1ccc(-c2ccc(C=C(C#N)C(=O)Nc3nnc(S(C)(=O)=O)s3)o2)c([N+](=O)[O-])c1. The monoisotopic (exact) mass is 475 g/mol. The van der Waals surface area contributed by atoms with Gasteiger partial charge in [-0.3, -0.25) is 20.2 Å². The van der Waals surface area contributed by atoms with Crippen LogP contribution >= 0.6 is 11.3 Å². The Balaban J connectivity index is 1.86. The molecule has 0 atom stereocenters. The largest absolute Gasteiger partial charge is 0.497 e. The fraction of sp³-hybridized carbons (Fsp3) is 0.111. The number of anilines is 1. The van der Waals surface area contributed by atoms with Gasteiger partial charge in [-0.25, -0.2) is 8.42 Å². The minimum Gasteiger partial charge on any atom is -0.497 e. The summed E-state index contributed by atoms with van der Waals surface area (Å²) >= 11 is 0.635. The summed E-state index contributed by atoms with van der Waals surface area (Å²) in [6.07, 6.45) is 2.08. The van der Waals surface area contributed by atoms with Crippen LogP contribution < -0.4 is 10.1 Å². The highest BCUT2D eigenvalue weighted by Crippen LogP contribution is 2.34. The third kappa shape index (κ3) is 4.96. The second-order valence-corrected chi connectivity index (χ2v) is 9.28. The van der Waals surface area contributed by atoms with Gasteiger partial charge in [0.1, 0.15) is 28.9 Å². The van der Waals surface area contributed by atoms with E-state index >= 15 is 0 Å². The Hall–Kier alpha value is -4.09. The molecule has 3 rings (SSSR count). The molecule has 3 aromatic rings. The van der Waals surface area contributed by atoms with Crippen molar-refractivity contribution in [2.24, 2.45) is 0 Å². The van der Waals surface area contributed by atoms with E-state index in [1.165, 1.54) is 37.4 Å². The number of ether oxygens (including phenoxy) is 1. The number of nitriles is 1. The first-order chi connectivity index (χ1) is 15.1. The van der Waals surface area contributed by atoms with Crippen LogP contribution in [0.25, 0.3) is 17.4 Å². The lowest BCUT2D eigenvalue weighted by molar-refractivity contribution is -0.384. The van der Waals surface area contributed by atoms with Crippen LogP contribution in [0, 0.1) is 21.4 Å². The number of rotatable bonds is 7. The number of aromatic nitrogens is 2. The molecule has 0 radical (unpaired) electrons. The summed E-state index contributed by atoms with van der Waals surface area (Å²) in [7, 11) is -2.21. The van der Waals surface area contributed by atoms with E-state index in [2.05, 4.69) is 15.5 Å². The van der Waals surface area contributed by atoms with E-state index in [-0.39, 0.29) is 37.8 Å². The van der Waals surface area contributed by atoms with Crippen molar-refractivity contribution in [2.45, 2.75) is 4.34 Å². The number of hydrogen-bond donors (Lipinski definition) is 1. The number of nitro benzene ring substituents is 1. The molecule has 0 saturated heterocycles. The van der Waals surface area contributed by atoms with Crippen LogP contribution in [-0.4, -0.2) is 42.8 Å². The van der Waals surface area contributed by atoms with Gasteiger partial charge in [0.05, 0.1) is 23.7 Å². The summed E-state index contributed by atoms with van der Waals surface area (Å²) in [5.74, 6) is -0.334. The van der Waals surface area contributed by atoms with E-state index in [0.29, 0.717) is 17.1 Å². The second kappa shape index (κ2) is 8.96. The Morgan fingerprint density at radius 1 is 1.34 bits per heavy atom. The number of nitrogens with one attached hydrogen (secondary N) is 1. The Morgan fingerprint density at radius 2 is 2.09 bits per heavy atom. The lowest BCUT2D eigenvalue weighted by Crippen LogP contribution is -2.13. The first-order valence-electron chi connectivity index (χ1n) is 8.51. The van der Waals surface area contributed by atoms with E-state index in [9.17, 15) is 28.6 Å². The van der Waals surface area contributed by atoms with E-state index in [1.807, 2.05) is 0 Å². The zero-order valence-corrected chi connectivity index (χ0v) is 18.1. The minimum absolute atomic E-state index is 0.0888. The van der Waals surface area contributed by atoms with E-state index in [0.717, 1.165) is 12.3 Å². The highest BCUT2D eigenvalue weighted by Gasteiger charge is 2.20. The van der Waals surface area contributed by atoms with Gasteiger partial charge >= 0.3 is 0 Å². The highest BCUT2D eigenvalue weighted by atomic mass is 32.2. The molecule has 1 aromatic carbocycles. The van der Waals surface area contributed by atoms with Gasteiger partial charge in [0.2, 0.25) is 19.3 Å². The molecule has 0 saturated carbocycles. The van der Waals surface area contributed by atoms with Crippen LogP contribution in [0.5, 0.6) is 5.75 Å². The van der Waals surface area contributed by atoms with Gasteiger partial charge in [0.25, 0.3) is 11.6 Å². The topological polar surface area (TPSA) is 178 Å². The number of carbonyl (C=O) groups excluding carboxylic acids is 1. The molecule has 1 amide bonds. The molecule has 14 heteroatoms. The minimum atomic E-state index is -3.59. The highest BCUT2D eigenvalue weighted by molar-refractivity contribution is 7.92. The van der Waals surface area contributed by atoms with Crippen molar-refractivity contribution >= 4 is 44.0 Å². The van der Waals surface area contributed by atoms with Crippen LogP contribution in [0.4, 0.5) is 10.8 Å². The zero-order chi connectivity index (χ0) is 23.5. The Labute approximate surface area is 184 Å². The Kier molecular flexibility index (Phi) is 6.32. The quantitative estimate of drug-likeness (QED) is 0.175. The first-order valence-corrected chi connectivity index (χ1v) is 11.2. The van der Waals surface area contributed by atoms with Crippen LogP contribution in [0.2, 0.25) is 0 Å². The van der Waals surface area contributed by atoms with Gasteiger partial charge in [-0.05, 0) is 24.3 Å². The van der Waals surface area contributed by atoms with Crippen molar-refractivity contribution in [3.05, 3.63) is 51.8 Å². The summed E-state index contributed by atoms with van der Waals surface area (Å²) in [5.41, 5.74) is -0.433. The van der Waals surface area contributed by atoms with Crippen molar-refractivity contribution in [3.63, 3.8) is 0 Å². The van der Waals surface area contributed by atoms with Crippen molar-refractivity contribution in [3.8, 4) is 23.1 Å². The normalized spacial score (nSPS) is 11.6. The fourth-order valence-electron chi connectivity index (χ4n) is 2.44. The molecule has 2 aromatic heterocycles. The van der Waals surface area contributed by atoms with Crippen LogP contribution in [0.1, 0.15) is 5.76 Å². The average molecular weight is 475 g/mol. The third-order valence-electron chi connectivity index (χ3n) is 3.89. The number of sulfone groups is 1.